The van der Waals surface area contributed by atoms with Gasteiger partial charge >= 0.3 is 5.97 Å². The Kier molecular flexibility index (Phi) is 6.83. The SMILES string of the molecule is COc1ccc(Br)c(OC)c1C(=O)Nc1ccc2ncn(C(CC(=O)O)c3ccccc3)c2c1. The van der Waals surface area contributed by atoms with Crippen LogP contribution in [0.5, 0.6) is 11.5 Å². The molecule has 0 saturated heterocycles. The van der Waals surface area contributed by atoms with Crippen LogP contribution in [0.15, 0.2) is 71.5 Å². The third kappa shape index (κ3) is 4.60. The first-order chi connectivity index (χ1) is 16.4. The molecule has 1 amide bonds. The van der Waals surface area contributed by atoms with E-state index < -0.39 is 17.9 Å². The van der Waals surface area contributed by atoms with E-state index in [0.29, 0.717) is 32.7 Å². The molecular formula is C25H22BrN3O5. The van der Waals surface area contributed by atoms with Crippen molar-refractivity contribution in [1.29, 1.82) is 0 Å². The number of hydrogen-bond acceptors (Lipinski definition) is 5. The Balaban J connectivity index is 1.73. The predicted molar refractivity (Wildman–Crippen MR) is 132 cm³/mol. The number of carboxylic acid groups (broad SMARTS) is 1. The van der Waals surface area contributed by atoms with Crippen LogP contribution in [-0.4, -0.2) is 40.8 Å². The first-order valence-corrected chi connectivity index (χ1v) is 11.2. The van der Waals surface area contributed by atoms with Crippen molar-refractivity contribution in [1.82, 2.24) is 9.55 Å². The van der Waals surface area contributed by atoms with Crippen molar-refractivity contribution >= 4 is 44.5 Å². The lowest BCUT2D eigenvalue weighted by Crippen LogP contribution is -2.16. The van der Waals surface area contributed by atoms with Crippen LogP contribution in [0.25, 0.3) is 11.0 Å². The fourth-order valence-corrected chi connectivity index (χ4v) is 4.38. The molecule has 4 rings (SSSR count). The van der Waals surface area contributed by atoms with Gasteiger partial charge in [-0.05, 0) is 51.8 Å². The zero-order valence-corrected chi connectivity index (χ0v) is 20.1. The van der Waals surface area contributed by atoms with Crippen LogP contribution in [0.2, 0.25) is 0 Å². The average Bonchev–Trinajstić information content (AvgIpc) is 3.25. The highest BCUT2D eigenvalue weighted by molar-refractivity contribution is 9.10. The van der Waals surface area contributed by atoms with Crippen molar-refractivity contribution in [3.05, 3.63) is 82.6 Å². The van der Waals surface area contributed by atoms with Crippen molar-refractivity contribution in [2.24, 2.45) is 0 Å². The normalized spacial score (nSPS) is 11.7. The topological polar surface area (TPSA) is 103 Å². The van der Waals surface area contributed by atoms with E-state index >= 15 is 0 Å². The van der Waals surface area contributed by atoms with Gasteiger partial charge in [0, 0.05) is 5.69 Å². The van der Waals surface area contributed by atoms with Crippen LogP contribution in [0.3, 0.4) is 0 Å². The number of methoxy groups -OCH3 is 2. The van der Waals surface area contributed by atoms with Crippen LogP contribution in [0.1, 0.15) is 28.4 Å². The van der Waals surface area contributed by atoms with Gasteiger partial charge in [0.05, 0.1) is 48.5 Å². The Morgan fingerprint density at radius 1 is 1.09 bits per heavy atom. The number of imidazole rings is 1. The molecule has 1 aromatic heterocycles. The van der Waals surface area contributed by atoms with Gasteiger partial charge in [0.1, 0.15) is 17.1 Å². The smallest absolute Gasteiger partial charge is 0.305 e. The highest BCUT2D eigenvalue weighted by atomic mass is 79.9. The van der Waals surface area contributed by atoms with Crippen LogP contribution in [-0.2, 0) is 4.79 Å². The minimum Gasteiger partial charge on any atom is -0.496 e. The molecule has 34 heavy (non-hydrogen) atoms. The molecule has 0 fully saturated rings. The zero-order chi connectivity index (χ0) is 24.2. The summed E-state index contributed by atoms with van der Waals surface area (Å²) < 4.78 is 13.2. The maximum atomic E-state index is 13.2. The summed E-state index contributed by atoms with van der Waals surface area (Å²) in [5, 5.41) is 12.4. The van der Waals surface area contributed by atoms with Crippen LogP contribution < -0.4 is 14.8 Å². The van der Waals surface area contributed by atoms with Gasteiger partial charge in [-0.15, -0.1) is 0 Å². The number of carbonyl (C=O) groups excluding carboxylic acids is 1. The van der Waals surface area contributed by atoms with E-state index in [1.807, 2.05) is 34.9 Å². The number of rotatable bonds is 8. The number of benzene rings is 3. The molecule has 3 aromatic carbocycles. The van der Waals surface area contributed by atoms with Gasteiger partial charge in [-0.3, -0.25) is 9.59 Å². The van der Waals surface area contributed by atoms with Gasteiger partial charge in [0.2, 0.25) is 0 Å². The van der Waals surface area contributed by atoms with Crippen molar-refractivity contribution in [2.75, 3.05) is 19.5 Å². The Morgan fingerprint density at radius 2 is 1.85 bits per heavy atom. The van der Waals surface area contributed by atoms with Gasteiger partial charge in [-0.25, -0.2) is 4.98 Å². The minimum absolute atomic E-state index is 0.113. The van der Waals surface area contributed by atoms with Crippen molar-refractivity contribution in [3.8, 4) is 11.5 Å². The largest absolute Gasteiger partial charge is 0.496 e. The summed E-state index contributed by atoms with van der Waals surface area (Å²) in [6, 6.07) is 17.6. The maximum Gasteiger partial charge on any atom is 0.305 e. The first-order valence-electron chi connectivity index (χ1n) is 10.4. The lowest BCUT2D eigenvalue weighted by molar-refractivity contribution is -0.137. The molecular weight excluding hydrogens is 502 g/mol. The molecule has 0 radical (unpaired) electrons. The molecule has 0 aliphatic carbocycles. The number of anilines is 1. The van der Waals surface area contributed by atoms with Crippen LogP contribution >= 0.6 is 15.9 Å². The Hall–Kier alpha value is -3.85. The van der Waals surface area contributed by atoms with E-state index in [9.17, 15) is 14.7 Å². The summed E-state index contributed by atoms with van der Waals surface area (Å²) in [6.45, 7) is 0. The fourth-order valence-electron chi connectivity index (χ4n) is 3.89. The van der Waals surface area contributed by atoms with Gasteiger partial charge in [0.15, 0.2) is 0 Å². The number of carbonyl (C=O) groups is 2. The van der Waals surface area contributed by atoms with Crippen molar-refractivity contribution < 1.29 is 24.2 Å². The molecule has 1 heterocycles. The van der Waals surface area contributed by atoms with Gasteiger partial charge in [-0.2, -0.15) is 0 Å². The van der Waals surface area contributed by atoms with Gasteiger partial charge in [0.25, 0.3) is 5.91 Å². The van der Waals surface area contributed by atoms with E-state index in [-0.39, 0.29) is 12.0 Å². The first kappa shape index (κ1) is 23.3. The lowest BCUT2D eigenvalue weighted by atomic mass is 10.0. The highest BCUT2D eigenvalue weighted by Crippen LogP contribution is 2.36. The number of hydrogen-bond donors (Lipinski definition) is 2. The number of halogens is 1. The molecule has 8 nitrogen and oxygen atoms in total. The monoisotopic (exact) mass is 523 g/mol. The second kappa shape index (κ2) is 9.96. The summed E-state index contributed by atoms with van der Waals surface area (Å²) in [5.74, 6) is -0.609. The van der Waals surface area contributed by atoms with Crippen LogP contribution in [0.4, 0.5) is 5.69 Å². The molecule has 2 N–H and O–H groups in total. The lowest BCUT2D eigenvalue weighted by Gasteiger charge is -2.19. The molecule has 0 bridgehead atoms. The molecule has 0 aliphatic heterocycles. The third-order valence-corrected chi connectivity index (χ3v) is 6.07. The number of nitrogens with zero attached hydrogens (tertiary/aromatic N) is 2. The molecule has 9 heteroatoms. The summed E-state index contributed by atoms with van der Waals surface area (Å²) in [5.41, 5.74) is 3.00. The molecule has 0 spiro atoms. The minimum atomic E-state index is -0.922. The van der Waals surface area contributed by atoms with Crippen molar-refractivity contribution in [3.63, 3.8) is 0 Å². The van der Waals surface area contributed by atoms with E-state index in [4.69, 9.17) is 9.47 Å². The van der Waals surface area contributed by atoms with Crippen LogP contribution in [0, 0.1) is 0 Å². The second-order valence-corrected chi connectivity index (χ2v) is 8.35. The molecule has 4 aromatic rings. The molecule has 0 aliphatic rings. The quantitative estimate of drug-likeness (QED) is 0.331. The second-order valence-electron chi connectivity index (χ2n) is 7.49. The number of nitrogens with one attached hydrogen (secondary N) is 1. The van der Waals surface area contributed by atoms with Gasteiger partial charge < -0.3 is 24.5 Å². The van der Waals surface area contributed by atoms with E-state index in [2.05, 4.69) is 26.2 Å². The van der Waals surface area contributed by atoms with E-state index in [0.717, 1.165) is 5.56 Å². The van der Waals surface area contributed by atoms with E-state index in [1.165, 1.54) is 14.2 Å². The number of aromatic nitrogens is 2. The Bertz CT molecular complexity index is 1350. The Labute approximate surface area is 204 Å². The third-order valence-electron chi connectivity index (χ3n) is 5.44. The maximum absolute atomic E-state index is 13.2. The summed E-state index contributed by atoms with van der Waals surface area (Å²) >= 11 is 3.40. The fraction of sp³-hybridized carbons (Fsp3) is 0.160. The molecule has 1 atom stereocenters. The summed E-state index contributed by atoms with van der Waals surface area (Å²) in [4.78, 5) is 29.2. The number of ether oxygens (including phenoxy) is 2. The molecule has 174 valence electrons. The number of amides is 1. The number of carboxylic acids is 1. The summed E-state index contributed by atoms with van der Waals surface area (Å²) in [7, 11) is 2.96. The molecule has 0 saturated carbocycles. The highest BCUT2D eigenvalue weighted by Gasteiger charge is 2.23. The predicted octanol–water partition coefficient (Wildman–Crippen LogP) is 5.13. The van der Waals surface area contributed by atoms with Gasteiger partial charge in [-0.1, -0.05) is 30.3 Å². The van der Waals surface area contributed by atoms with E-state index in [1.54, 1.807) is 36.7 Å². The average molecular weight is 524 g/mol. The standard InChI is InChI=1S/C25H22BrN3O5/c1-33-21-11-9-17(26)24(34-2)23(21)25(32)28-16-8-10-18-20(12-16)29(14-27-18)19(13-22(30)31)15-6-4-3-5-7-15/h3-12,14,19H,13H2,1-2H3,(H,28,32)(H,30,31). The van der Waals surface area contributed by atoms with Crippen molar-refractivity contribution in [2.45, 2.75) is 12.5 Å². The number of aliphatic carboxylic acids is 1. The number of fused-ring (bicyclic) bond motifs is 1. The zero-order valence-electron chi connectivity index (χ0n) is 18.5. The molecule has 1 unspecified atom stereocenters. The Morgan fingerprint density at radius 3 is 2.53 bits per heavy atom. The summed E-state index contributed by atoms with van der Waals surface area (Å²) in [6.07, 6.45) is 1.51.